The first kappa shape index (κ1) is 27.5. The molecule has 0 saturated heterocycles. The second-order valence-electron chi connectivity index (χ2n) is 9.91. The molecule has 0 amide bonds. The van der Waals surface area contributed by atoms with E-state index < -0.39 is 31.1 Å². The maximum absolute atomic E-state index is 11.6. The Morgan fingerprint density at radius 1 is 0.811 bits per heavy atom. The van der Waals surface area contributed by atoms with Gasteiger partial charge in [0.15, 0.2) is 0 Å². The Morgan fingerprint density at radius 3 is 1.97 bits per heavy atom. The van der Waals surface area contributed by atoms with Gasteiger partial charge in [0.1, 0.15) is 0 Å². The number of allylic oxidation sites excluding steroid dienone is 6. The zero-order chi connectivity index (χ0) is 26.7. The fourth-order valence-electron chi connectivity index (χ4n) is 4.76. The van der Waals surface area contributed by atoms with Crippen LogP contribution in [-0.4, -0.2) is 38.7 Å². The number of hydrogen-bond donors (Lipinski definition) is 2. The summed E-state index contributed by atoms with van der Waals surface area (Å²) in [5, 5.41) is 0. The molecule has 4 rings (SSSR count). The number of rotatable bonds is 5. The minimum absolute atomic E-state index is 0. The molecule has 2 heterocycles. The molecule has 0 saturated carbocycles. The van der Waals surface area contributed by atoms with Gasteiger partial charge in [-0.3, -0.25) is 14.1 Å². The van der Waals surface area contributed by atoms with Gasteiger partial charge in [-0.15, -0.1) is 0 Å². The van der Waals surface area contributed by atoms with Gasteiger partial charge in [-0.05, 0) is 59.7 Å². The van der Waals surface area contributed by atoms with Crippen LogP contribution in [0.4, 0.5) is 11.4 Å². The molecule has 0 atom stereocenters. The first-order chi connectivity index (χ1) is 16.5. The first-order valence-electron chi connectivity index (χ1n) is 11.2. The van der Waals surface area contributed by atoms with Crippen molar-refractivity contribution in [1.29, 1.82) is 0 Å². The molecule has 0 spiro atoms. The van der Waals surface area contributed by atoms with Crippen molar-refractivity contribution in [3.05, 3.63) is 83.6 Å². The topological polar surface area (TPSA) is 124 Å². The minimum atomic E-state index is -4.30. The quantitative estimate of drug-likeness (QED) is 0.324. The molecule has 2 aromatic carbocycles. The summed E-state index contributed by atoms with van der Waals surface area (Å²) in [6.45, 7) is 7.87. The number of likely N-dealkylation sites (N-methyl/N-ethyl adjacent to an activating group) is 1. The number of fused-ring (bicyclic) bond motifs is 2. The van der Waals surface area contributed by atoms with E-state index in [9.17, 15) is 25.9 Å². The van der Waals surface area contributed by atoms with Gasteiger partial charge in [-0.1, -0.05) is 45.9 Å². The van der Waals surface area contributed by atoms with E-state index in [4.69, 9.17) is 0 Å². The second kappa shape index (κ2) is 8.81. The molecule has 2 N–H and O–H groups in total. The van der Waals surface area contributed by atoms with E-state index in [1.165, 1.54) is 24.3 Å². The third-order valence-corrected chi connectivity index (χ3v) is 8.55. The van der Waals surface area contributed by atoms with E-state index in [-0.39, 0.29) is 9.79 Å². The largest absolute Gasteiger partial charge is 0.347 e. The molecule has 0 unspecified atom stereocenters. The van der Waals surface area contributed by atoms with Crippen molar-refractivity contribution in [1.82, 2.24) is 0 Å². The third kappa shape index (κ3) is 4.72. The molecule has 0 radical (unpaired) electrons. The molecule has 2 aliphatic rings. The van der Waals surface area contributed by atoms with Gasteiger partial charge in [0.2, 0.25) is 0 Å². The van der Waals surface area contributed by atoms with Crippen molar-refractivity contribution in [2.45, 2.75) is 48.3 Å². The Balaban J connectivity index is 0.00000380. The van der Waals surface area contributed by atoms with Gasteiger partial charge in [-0.2, -0.15) is 16.8 Å². The zero-order valence-corrected chi connectivity index (χ0v) is 29.3. The predicted octanol–water partition coefficient (Wildman–Crippen LogP) is 4.97. The molecular formula is C26H28N2O6RfS2. The van der Waals surface area contributed by atoms with Crippen LogP contribution in [-0.2, 0) is 31.1 Å². The van der Waals surface area contributed by atoms with Crippen molar-refractivity contribution < 1.29 is 25.9 Å². The van der Waals surface area contributed by atoms with Crippen LogP contribution in [0.3, 0.4) is 0 Å². The Morgan fingerprint density at radius 2 is 1.38 bits per heavy atom. The van der Waals surface area contributed by atoms with Crippen molar-refractivity contribution in [3.63, 3.8) is 0 Å². The van der Waals surface area contributed by atoms with Crippen molar-refractivity contribution in [3.8, 4) is 0 Å². The van der Waals surface area contributed by atoms with Gasteiger partial charge in [0, 0.05) is 29.3 Å². The molecule has 0 bridgehead atoms. The summed E-state index contributed by atoms with van der Waals surface area (Å²) < 4.78 is 65.1. The van der Waals surface area contributed by atoms with Crippen LogP contribution in [0.15, 0.2) is 87.3 Å². The van der Waals surface area contributed by atoms with E-state index in [2.05, 4.69) is 4.99 Å². The zero-order valence-electron chi connectivity index (χ0n) is 21.3. The van der Waals surface area contributed by atoms with Crippen LogP contribution in [0.5, 0.6) is 0 Å². The molecule has 37 heavy (non-hydrogen) atoms. The van der Waals surface area contributed by atoms with Gasteiger partial charge >= 0.3 is 0 Å². The normalized spacial score (nSPS) is 19.3. The van der Waals surface area contributed by atoms with Crippen LogP contribution in [0.25, 0.3) is 0 Å². The van der Waals surface area contributed by atoms with Crippen LogP contribution < -0.4 is 4.90 Å². The van der Waals surface area contributed by atoms with Gasteiger partial charge < -0.3 is 4.90 Å². The summed E-state index contributed by atoms with van der Waals surface area (Å²) in [7, 11) is -6.69. The molecule has 11 heteroatoms. The van der Waals surface area contributed by atoms with Gasteiger partial charge in [0.25, 0.3) is 20.2 Å². The monoisotopic (exact) mass is 795 g/mol. The van der Waals surface area contributed by atoms with Crippen molar-refractivity contribution >= 4 is 37.3 Å². The van der Waals surface area contributed by atoms with E-state index in [1.54, 1.807) is 12.1 Å². The summed E-state index contributed by atoms with van der Waals surface area (Å²) in [6.07, 6.45) is 9.39. The van der Waals surface area contributed by atoms with Crippen molar-refractivity contribution in [2.24, 2.45) is 4.99 Å². The number of nitrogens with zero attached hydrogens (tertiary/aromatic N) is 2. The maximum atomic E-state index is 11.6. The molecule has 8 nitrogen and oxygen atoms in total. The number of anilines is 1. The Bertz CT molecular complexity index is 1600. The summed E-state index contributed by atoms with van der Waals surface area (Å²) >= 11 is 0. The number of hydrogen-bond acceptors (Lipinski definition) is 6. The standard InChI is InChI=1S/C26H28N2O6S2.Rf/c1-25(2)19-15-17(35(29,30)31)11-13-21(19)27-23(25)9-7-6-8-10-24-26(3,4)20-16-18(36(32,33)34)12-14-22(20)28(24)5;/h6-16H,1-5H3,(H,29,30,31)(H,32,33,34);/b8-6+,9-7+,24-10+;. The number of aliphatic imine (C=N–C) groups is 1. The van der Waals surface area contributed by atoms with Crippen molar-refractivity contribution in [2.75, 3.05) is 11.9 Å². The average molecular weight is 796 g/mol. The fourth-order valence-corrected chi connectivity index (χ4v) is 5.77. The summed E-state index contributed by atoms with van der Waals surface area (Å²) in [6, 6.07) is 8.97. The maximum Gasteiger partial charge on any atom is 0.294 e. The first-order valence-corrected chi connectivity index (χ1v) is 14.0. The predicted molar refractivity (Wildman–Crippen MR) is 140 cm³/mol. The van der Waals surface area contributed by atoms with E-state index >= 15 is 0 Å². The molecule has 0 aliphatic carbocycles. The fraction of sp³-hybridized carbons (Fsp3) is 0.269. The van der Waals surface area contributed by atoms with E-state index in [0.29, 0.717) is 5.69 Å². The molecule has 2 aliphatic heterocycles. The van der Waals surface area contributed by atoms with Gasteiger partial charge in [-0.25, -0.2) is 0 Å². The molecule has 192 valence electrons. The minimum Gasteiger partial charge on any atom is -0.347 e. The molecule has 0 fully saturated rings. The van der Waals surface area contributed by atoms with E-state index in [1.807, 2.05) is 70.0 Å². The SMILES string of the molecule is CN1/C(=C/C=C/C=C/C2=Nc3ccc(S(=O)(=O)O)cc3C2(C)C)C(C)(C)c2cc(S(=O)(=O)O)ccc21.[Rf]. The Hall–Kier alpha value is -4.05. The van der Waals surface area contributed by atoms with E-state index in [0.717, 1.165) is 28.2 Å². The summed E-state index contributed by atoms with van der Waals surface area (Å²) in [5.41, 5.74) is 3.74. The Labute approximate surface area is 211 Å². The smallest absolute Gasteiger partial charge is 0.294 e. The van der Waals surface area contributed by atoms with Crippen LogP contribution in [0.2, 0.25) is 0 Å². The average Bonchev–Trinajstić information content (AvgIpc) is 3.13. The van der Waals surface area contributed by atoms with Gasteiger partial charge in [0.05, 0.1) is 21.2 Å². The third-order valence-electron chi connectivity index (χ3n) is 6.85. The molecular weight excluding hydrogens is 767 g/mol. The molecule has 0 aromatic heterocycles. The van der Waals surface area contributed by atoms with Crippen LogP contribution in [0.1, 0.15) is 38.8 Å². The summed E-state index contributed by atoms with van der Waals surface area (Å²) in [4.78, 5) is 6.32. The number of benzene rings is 2. The van der Waals surface area contributed by atoms with Crippen LogP contribution >= 0.6 is 0 Å². The second-order valence-corrected chi connectivity index (χ2v) is 12.8. The molecule has 2 aromatic rings. The summed E-state index contributed by atoms with van der Waals surface area (Å²) in [5.74, 6) is 0. The Kier molecular flexibility index (Phi) is 6.55. The van der Waals surface area contributed by atoms with Crippen LogP contribution in [0, 0.1) is 0 Å².